The Morgan fingerprint density at radius 3 is 2.26 bits per heavy atom. The van der Waals surface area contributed by atoms with Crippen LogP contribution in [0.3, 0.4) is 0 Å². The van der Waals surface area contributed by atoms with E-state index >= 15 is 0 Å². The summed E-state index contributed by atoms with van der Waals surface area (Å²) in [5, 5.41) is 8.78. The second kappa shape index (κ2) is 5.30. The molecule has 2 rings (SSSR count). The van der Waals surface area contributed by atoms with E-state index in [-0.39, 0.29) is 11.5 Å². The predicted octanol–water partition coefficient (Wildman–Crippen LogP) is 2.06. The highest BCUT2D eigenvalue weighted by Crippen LogP contribution is 2.13. The summed E-state index contributed by atoms with van der Waals surface area (Å²) in [4.78, 5) is 28.2. The zero-order valence-electron chi connectivity index (χ0n) is 10.3. The van der Waals surface area contributed by atoms with E-state index in [0.717, 1.165) is 0 Å². The first-order valence-corrected chi connectivity index (χ1v) is 5.62. The largest absolute Gasteiger partial charge is 0.478 e. The maximum absolute atomic E-state index is 12.1. The second-order valence-electron chi connectivity index (χ2n) is 3.94. The minimum atomic E-state index is -1.05. The molecule has 1 aromatic heterocycles. The third kappa shape index (κ3) is 2.77. The van der Waals surface area contributed by atoms with Gasteiger partial charge in [-0.15, -0.1) is 0 Å². The number of rotatable bonds is 3. The van der Waals surface area contributed by atoms with Crippen LogP contribution in [0.25, 0.3) is 0 Å². The lowest BCUT2D eigenvalue weighted by molar-refractivity contribution is 0.0696. The molecule has 0 aliphatic heterocycles. The predicted molar refractivity (Wildman–Crippen MR) is 70.4 cm³/mol. The topological polar surface area (TPSA) is 70.5 Å². The zero-order valence-corrected chi connectivity index (χ0v) is 10.3. The first kappa shape index (κ1) is 12.8. The number of carboxylic acids is 1. The van der Waals surface area contributed by atoms with Gasteiger partial charge in [0.25, 0.3) is 5.91 Å². The van der Waals surface area contributed by atoms with Gasteiger partial charge in [0.2, 0.25) is 0 Å². The number of nitrogens with zero attached hydrogens (tertiary/aromatic N) is 2. The van der Waals surface area contributed by atoms with Crippen molar-refractivity contribution in [1.82, 2.24) is 4.98 Å². The van der Waals surface area contributed by atoms with Gasteiger partial charge in [-0.1, -0.05) is 18.2 Å². The molecule has 0 saturated carbocycles. The molecule has 5 heteroatoms. The zero-order chi connectivity index (χ0) is 13.8. The minimum Gasteiger partial charge on any atom is -0.478 e. The summed E-state index contributed by atoms with van der Waals surface area (Å²) in [6, 6.07) is 11.7. The molecule has 0 aliphatic carbocycles. The molecule has 0 bridgehead atoms. The number of benzene rings is 1. The average Bonchev–Trinajstić information content (AvgIpc) is 2.46. The summed E-state index contributed by atoms with van der Waals surface area (Å²) in [5.41, 5.74) is 0.637. The molecular formula is C14H12N2O3. The minimum absolute atomic E-state index is 0.0873. The van der Waals surface area contributed by atoms with E-state index in [9.17, 15) is 9.59 Å². The van der Waals surface area contributed by atoms with Crippen LogP contribution in [-0.4, -0.2) is 29.0 Å². The third-order valence-corrected chi connectivity index (χ3v) is 2.66. The van der Waals surface area contributed by atoms with Crippen molar-refractivity contribution < 1.29 is 14.7 Å². The number of hydrogen-bond acceptors (Lipinski definition) is 3. The molecule has 0 spiro atoms. The average molecular weight is 256 g/mol. The van der Waals surface area contributed by atoms with Crippen LogP contribution in [0.15, 0.2) is 48.7 Å². The molecule has 0 unspecified atom stereocenters. The van der Waals surface area contributed by atoms with E-state index in [1.54, 1.807) is 31.3 Å². The molecule has 0 radical (unpaired) electrons. The van der Waals surface area contributed by atoms with Crippen LogP contribution in [-0.2, 0) is 0 Å². The SMILES string of the molecule is CN(C(=O)c1ccccc1)c1ccc(C(=O)O)cn1. The van der Waals surface area contributed by atoms with E-state index in [1.165, 1.54) is 23.2 Å². The van der Waals surface area contributed by atoms with E-state index in [0.29, 0.717) is 11.4 Å². The molecule has 1 N–H and O–H groups in total. The van der Waals surface area contributed by atoms with Crippen molar-refractivity contribution in [2.24, 2.45) is 0 Å². The summed E-state index contributed by atoms with van der Waals surface area (Å²) in [6.45, 7) is 0. The summed E-state index contributed by atoms with van der Waals surface area (Å²) in [6.07, 6.45) is 1.23. The summed E-state index contributed by atoms with van der Waals surface area (Å²) >= 11 is 0. The Morgan fingerprint density at radius 1 is 1.05 bits per heavy atom. The van der Waals surface area contributed by atoms with Gasteiger partial charge in [0.05, 0.1) is 5.56 Å². The van der Waals surface area contributed by atoms with Gasteiger partial charge in [-0.2, -0.15) is 0 Å². The van der Waals surface area contributed by atoms with E-state index in [4.69, 9.17) is 5.11 Å². The Hall–Kier alpha value is -2.69. The number of hydrogen-bond donors (Lipinski definition) is 1. The number of carbonyl (C=O) groups is 2. The maximum Gasteiger partial charge on any atom is 0.337 e. The van der Waals surface area contributed by atoms with Crippen molar-refractivity contribution in [3.05, 3.63) is 59.8 Å². The highest BCUT2D eigenvalue weighted by Gasteiger charge is 2.14. The number of pyridine rings is 1. The van der Waals surface area contributed by atoms with Crippen molar-refractivity contribution in [2.45, 2.75) is 0 Å². The van der Waals surface area contributed by atoms with Gasteiger partial charge in [0.1, 0.15) is 5.82 Å². The van der Waals surface area contributed by atoms with Gasteiger partial charge < -0.3 is 5.11 Å². The van der Waals surface area contributed by atoms with Crippen LogP contribution in [0.1, 0.15) is 20.7 Å². The van der Waals surface area contributed by atoms with E-state index < -0.39 is 5.97 Å². The number of amides is 1. The Kier molecular flexibility index (Phi) is 3.56. The van der Waals surface area contributed by atoms with Crippen LogP contribution in [0.5, 0.6) is 0 Å². The molecule has 2 aromatic rings. The Morgan fingerprint density at radius 2 is 1.74 bits per heavy atom. The fourth-order valence-electron chi connectivity index (χ4n) is 1.59. The molecule has 1 heterocycles. The highest BCUT2D eigenvalue weighted by atomic mass is 16.4. The number of carbonyl (C=O) groups excluding carboxylic acids is 1. The monoisotopic (exact) mass is 256 g/mol. The molecule has 0 aliphatic rings. The van der Waals surface area contributed by atoms with Crippen LogP contribution in [0.4, 0.5) is 5.82 Å². The quantitative estimate of drug-likeness (QED) is 0.912. The van der Waals surface area contributed by atoms with E-state index in [1.807, 2.05) is 6.07 Å². The third-order valence-electron chi connectivity index (χ3n) is 2.66. The molecule has 19 heavy (non-hydrogen) atoms. The highest BCUT2D eigenvalue weighted by molar-refractivity contribution is 6.05. The fourth-order valence-corrected chi connectivity index (χ4v) is 1.59. The van der Waals surface area contributed by atoms with Crippen LogP contribution in [0.2, 0.25) is 0 Å². The van der Waals surface area contributed by atoms with Gasteiger partial charge in [-0.25, -0.2) is 9.78 Å². The number of aromatic carboxylic acids is 1. The molecule has 96 valence electrons. The summed E-state index contributed by atoms with van der Waals surface area (Å²) in [7, 11) is 1.60. The second-order valence-corrected chi connectivity index (χ2v) is 3.94. The lowest BCUT2D eigenvalue weighted by atomic mass is 10.2. The van der Waals surface area contributed by atoms with Crippen molar-refractivity contribution in [3.8, 4) is 0 Å². The first-order chi connectivity index (χ1) is 9.09. The van der Waals surface area contributed by atoms with Gasteiger partial charge in [-0.3, -0.25) is 9.69 Å². The number of carboxylic acid groups (broad SMARTS) is 1. The Balaban J connectivity index is 2.22. The van der Waals surface area contributed by atoms with Gasteiger partial charge >= 0.3 is 5.97 Å². The van der Waals surface area contributed by atoms with Gasteiger partial charge in [0.15, 0.2) is 0 Å². The van der Waals surface area contributed by atoms with Gasteiger partial charge in [0, 0.05) is 18.8 Å². The smallest absolute Gasteiger partial charge is 0.337 e. The van der Waals surface area contributed by atoms with E-state index in [2.05, 4.69) is 4.98 Å². The first-order valence-electron chi connectivity index (χ1n) is 5.62. The molecule has 0 saturated heterocycles. The van der Waals surface area contributed by atoms with Crippen LogP contribution < -0.4 is 4.90 Å². The maximum atomic E-state index is 12.1. The standard InChI is InChI=1S/C14H12N2O3/c1-16(13(17)10-5-3-2-4-6-10)12-8-7-11(9-15-12)14(18)19/h2-9H,1H3,(H,18,19). The number of anilines is 1. The van der Waals surface area contributed by atoms with Crippen LogP contribution >= 0.6 is 0 Å². The molecule has 1 amide bonds. The van der Waals surface area contributed by atoms with Crippen molar-refractivity contribution in [2.75, 3.05) is 11.9 Å². The summed E-state index contributed by atoms with van der Waals surface area (Å²) in [5.74, 6) is -0.842. The molecule has 5 nitrogen and oxygen atoms in total. The molecule has 0 atom stereocenters. The van der Waals surface area contributed by atoms with Gasteiger partial charge in [-0.05, 0) is 24.3 Å². The van der Waals surface area contributed by atoms with Crippen molar-refractivity contribution in [1.29, 1.82) is 0 Å². The number of aromatic nitrogens is 1. The normalized spacial score (nSPS) is 9.95. The van der Waals surface area contributed by atoms with Crippen molar-refractivity contribution >= 4 is 17.7 Å². The Bertz CT molecular complexity index is 594. The molecule has 0 fully saturated rings. The lowest BCUT2D eigenvalue weighted by Crippen LogP contribution is -2.27. The van der Waals surface area contributed by atoms with Crippen molar-refractivity contribution in [3.63, 3.8) is 0 Å². The Labute approximate surface area is 110 Å². The lowest BCUT2D eigenvalue weighted by Gasteiger charge is -2.16. The molecule has 1 aromatic carbocycles. The van der Waals surface area contributed by atoms with Crippen LogP contribution in [0, 0.1) is 0 Å². The summed E-state index contributed by atoms with van der Waals surface area (Å²) < 4.78 is 0. The molecular weight excluding hydrogens is 244 g/mol. The fraction of sp³-hybridized carbons (Fsp3) is 0.0714.